The summed E-state index contributed by atoms with van der Waals surface area (Å²) < 4.78 is 6.20. The van der Waals surface area contributed by atoms with Gasteiger partial charge in [-0.3, -0.25) is 0 Å². The van der Waals surface area contributed by atoms with Crippen molar-refractivity contribution in [3.8, 4) is 6.07 Å². The number of halogens is 1. The van der Waals surface area contributed by atoms with E-state index in [1.54, 1.807) is 6.07 Å². The monoisotopic (exact) mass is 324 g/mol. The molecule has 5 nitrogen and oxygen atoms in total. The van der Waals surface area contributed by atoms with E-state index in [0.29, 0.717) is 18.7 Å². The molecule has 1 aliphatic rings. The van der Waals surface area contributed by atoms with Crippen LogP contribution in [0.15, 0.2) is 22.7 Å². The summed E-state index contributed by atoms with van der Waals surface area (Å²) in [4.78, 5) is 12.5. The molecule has 1 aliphatic heterocycles. The van der Waals surface area contributed by atoms with Crippen LogP contribution in [0.3, 0.4) is 0 Å². The van der Waals surface area contributed by atoms with Crippen LogP contribution in [0.1, 0.15) is 12.5 Å². The fourth-order valence-electron chi connectivity index (χ4n) is 2.13. The first-order valence-corrected chi connectivity index (χ1v) is 6.53. The Kier molecular flexibility index (Phi) is 3.78. The molecule has 0 unspecified atom stereocenters. The number of carbonyl (C=O) groups is 1. The third kappa shape index (κ3) is 3.06. The smallest absolute Gasteiger partial charge is 0.329 e. The number of benzene rings is 1. The van der Waals surface area contributed by atoms with E-state index in [0.717, 1.165) is 10.2 Å². The topological polar surface area (TPSA) is 73.6 Å². The minimum Gasteiger partial charge on any atom is -0.480 e. The fourth-order valence-corrected chi connectivity index (χ4v) is 2.49. The van der Waals surface area contributed by atoms with Crippen LogP contribution in [-0.4, -0.2) is 36.4 Å². The van der Waals surface area contributed by atoms with Crippen LogP contribution < -0.4 is 4.90 Å². The number of carboxylic acids is 1. The van der Waals surface area contributed by atoms with Crippen molar-refractivity contribution in [3.63, 3.8) is 0 Å². The van der Waals surface area contributed by atoms with Crippen LogP contribution in [0.25, 0.3) is 0 Å². The third-order valence-corrected chi connectivity index (χ3v) is 3.51. The number of hydrogen-bond acceptors (Lipinski definition) is 4. The first-order chi connectivity index (χ1) is 8.93. The molecule has 1 heterocycles. The Morgan fingerprint density at radius 1 is 1.63 bits per heavy atom. The first kappa shape index (κ1) is 13.8. The van der Waals surface area contributed by atoms with Crippen molar-refractivity contribution in [2.45, 2.75) is 12.5 Å². The van der Waals surface area contributed by atoms with Gasteiger partial charge in [-0.25, -0.2) is 4.79 Å². The fraction of sp³-hybridized carbons (Fsp3) is 0.385. The lowest BCUT2D eigenvalue weighted by molar-refractivity contribution is -0.150. The SMILES string of the molecule is CC1(OCC(=O)O)CN(c2ccc(Br)cc2C#N)C1. The second kappa shape index (κ2) is 5.19. The van der Waals surface area contributed by atoms with Crippen molar-refractivity contribution in [2.24, 2.45) is 0 Å². The molecule has 0 saturated carbocycles. The molecule has 0 aliphatic carbocycles. The molecule has 0 spiro atoms. The van der Waals surface area contributed by atoms with Gasteiger partial charge in [-0.05, 0) is 25.1 Å². The third-order valence-electron chi connectivity index (χ3n) is 3.01. The van der Waals surface area contributed by atoms with Gasteiger partial charge in [0.2, 0.25) is 0 Å². The molecule has 1 N–H and O–H groups in total. The summed E-state index contributed by atoms with van der Waals surface area (Å²) in [6.45, 7) is 2.74. The quantitative estimate of drug-likeness (QED) is 0.917. The highest BCUT2D eigenvalue weighted by Crippen LogP contribution is 2.33. The van der Waals surface area contributed by atoms with Gasteiger partial charge < -0.3 is 14.7 Å². The molecule has 1 saturated heterocycles. The average molecular weight is 325 g/mol. The Hall–Kier alpha value is -1.58. The van der Waals surface area contributed by atoms with Crippen molar-refractivity contribution >= 4 is 27.6 Å². The molecule has 0 atom stereocenters. The average Bonchev–Trinajstić information content (AvgIpc) is 2.33. The summed E-state index contributed by atoms with van der Waals surface area (Å²) in [5, 5.41) is 17.7. The first-order valence-electron chi connectivity index (χ1n) is 5.74. The molecule has 0 bridgehead atoms. The van der Waals surface area contributed by atoms with Gasteiger partial charge in [0, 0.05) is 17.6 Å². The van der Waals surface area contributed by atoms with Gasteiger partial charge in [0.15, 0.2) is 0 Å². The van der Waals surface area contributed by atoms with Crippen molar-refractivity contribution in [2.75, 3.05) is 24.6 Å². The van der Waals surface area contributed by atoms with Gasteiger partial charge in [0.05, 0.1) is 11.3 Å². The molecule has 1 aromatic carbocycles. The highest BCUT2D eigenvalue weighted by atomic mass is 79.9. The lowest BCUT2D eigenvalue weighted by Gasteiger charge is -2.48. The highest BCUT2D eigenvalue weighted by Gasteiger charge is 2.41. The number of ether oxygens (including phenoxy) is 1. The van der Waals surface area contributed by atoms with E-state index < -0.39 is 11.6 Å². The molecular formula is C13H13BrN2O3. The second-order valence-corrected chi connectivity index (χ2v) is 5.68. The van der Waals surface area contributed by atoms with E-state index in [9.17, 15) is 4.79 Å². The van der Waals surface area contributed by atoms with Crippen LogP contribution in [0.4, 0.5) is 5.69 Å². The van der Waals surface area contributed by atoms with Crippen LogP contribution in [0, 0.1) is 11.3 Å². The maximum Gasteiger partial charge on any atom is 0.329 e. The van der Waals surface area contributed by atoms with Crippen molar-refractivity contribution in [3.05, 3.63) is 28.2 Å². The van der Waals surface area contributed by atoms with Crippen molar-refractivity contribution in [1.82, 2.24) is 0 Å². The largest absolute Gasteiger partial charge is 0.480 e. The Labute approximate surface area is 119 Å². The maximum atomic E-state index is 10.5. The van der Waals surface area contributed by atoms with Gasteiger partial charge >= 0.3 is 5.97 Å². The molecule has 1 fully saturated rings. The Morgan fingerprint density at radius 2 is 2.32 bits per heavy atom. The summed E-state index contributed by atoms with van der Waals surface area (Å²) >= 11 is 3.33. The van der Waals surface area contributed by atoms with Crippen molar-refractivity contribution in [1.29, 1.82) is 5.26 Å². The van der Waals surface area contributed by atoms with E-state index in [2.05, 4.69) is 22.0 Å². The summed E-state index contributed by atoms with van der Waals surface area (Å²) in [5.41, 5.74) is 0.981. The molecular weight excluding hydrogens is 312 g/mol. The second-order valence-electron chi connectivity index (χ2n) is 4.76. The number of hydrogen-bond donors (Lipinski definition) is 1. The highest BCUT2D eigenvalue weighted by molar-refractivity contribution is 9.10. The van der Waals surface area contributed by atoms with Crippen LogP contribution in [0.2, 0.25) is 0 Å². The lowest BCUT2D eigenvalue weighted by atomic mass is 9.94. The molecule has 0 amide bonds. The molecule has 0 aromatic heterocycles. The van der Waals surface area contributed by atoms with E-state index in [1.807, 2.05) is 24.0 Å². The Bertz CT molecular complexity index is 547. The number of nitriles is 1. The molecule has 19 heavy (non-hydrogen) atoms. The summed E-state index contributed by atoms with van der Waals surface area (Å²) in [6, 6.07) is 7.68. The molecule has 1 aromatic rings. The lowest BCUT2D eigenvalue weighted by Crippen LogP contribution is -2.62. The summed E-state index contributed by atoms with van der Waals surface area (Å²) in [6.07, 6.45) is 0. The minimum atomic E-state index is -0.971. The number of anilines is 1. The van der Waals surface area contributed by atoms with Gasteiger partial charge in [-0.2, -0.15) is 5.26 Å². The van der Waals surface area contributed by atoms with E-state index in [4.69, 9.17) is 15.1 Å². The maximum absolute atomic E-state index is 10.5. The number of nitrogens with zero attached hydrogens (tertiary/aromatic N) is 2. The summed E-state index contributed by atoms with van der Waals surface area (Å²) in [5.74, 6) is -0.971. The zero-order valence-corrected chi connectivity index (χ0v) is 12.0. The normalized spacial score (nSPS) is 16.6. The van der Waals surface area contributed by atoms with E-state index >= 15 is 0 Å². The minimum absolute atomic E-state index is 0.296. The standard InChI is InChI=1S/C13H13BrN2O3/c1-13(19-6-12(17)18)7-16(8-13)11-3-2-10(14)4-9(11)5-15/h2-4H,6-8H2,1H3,(H,17,18). The molecule has 2 rings (SSSR count). The zero-order chi connectivity index (χ0) is 14.0. The zero-order valence-electron chi connectivity index (χ0n) is 10.4. The van der Waals surface area contributed by atoms with Crippen LogP contribution >= 0.6 is 15.9 Å². The Balaban J connectivity index is 2.04. The number of rotatable bonds is 4. The van der Waals surface area contributed by atoms with Gasteiger partial charge in [-0.15, -0.1) is 0 Å². The predicted molar refractivity (Wildman–Crippen MR) is 73.1 cm³/mol. The van der Waals surface area contributed by atoms with Gasteiger partial charge in [0.25, 0.3) is 0 Å². The van der Waals surface area contributed by atoms with E-state index in [-0.39, 0.29) is 6.61 Å². The Morgan fingerprint density at radius 3 is 2.89 bits per heavy atom. The van der Waals surface area contributed by atoms with Gasteiger partial charge in [0.1, 0.15) is 18.3 Å². The van der Waals surface area contributed by atoms with Crippen molar-refractivity contribution < 1.29 is 14.6 Å². The molecule has 0 radical (unpaired) electrons. The van der Waals surface area contributed by atoms with Crippen LogP contribution in [0.5, 0.6) is 0 Å². The van der Waals surface area contributed by atoms with Gasteiger partial charge in [-0.1, -0.05) is 15.9 Å². The number of carboxylic acid groups (broad SMARTS) is 1. The number of aliphatic carboxylic acids is 1. The van der Waals surface area contributed by atoms with E-state index in [1.165, 1.54) is 0 Å². The predicted octanol–water partition coefficient (Wildman–Crippen LogP) is 2.00. The molecule has 100 valence electrons. The summed E-state index contributed by atoms with van der Waals surface area (Å²) in [7, 11) is 0. The molecule has 6 heteroatoms. The van der Waals surface area contributed by atoms with Crippen LogP contribution in [-0.2, 0) is 9.53 Å².